The van der Waals surface area contributed by atoms with E-state index in [0.29, 0.717) is 5.92 Å². The number of imidazole rings is 1. The van der Waals surface area contributed by atoms with E-state index < -0.39 is 0 Å². The first kappa shape index (κ1) is 13.1. The van der Waals surface area contributed by atoms with Gasteiger partial charge in [0.05, 0.1) is 5.69 Å². The van der Waals surface area contributed by atoms with Crippen molar-refractivity contribution in [2.45, 2.75) is 53.5 Å². The molecule has 0 aromatic carbocycles. The van der Waals surface area contributed by atoms with Crippen LogP contribution in [0.25, 0.3) is 0 Å². The van der Waals surface area contributed by atoms with Gasteiger partial charge in [0.2, 0.25) is 5.95 Å². The van der Waals surface area contributed by atoms with Crippen LogP contribution in [-0.2, 0) is 6.54 Å². The molecule has 0 radical (unpaired) electrons. The Morgan fingerprint density at radius 1 is 1.44 bits per heavy atom. The van der Waals surface area contributed by atoms with Crippen LogP contribution in [0.15, 0.2) is 6.20 Å². The van der Waals surface area contributed by atoms with Gasteiger partial charge in [-0.3, -0.25) is 0 Å². The second kappa shape index (κ2) is 6.56. The van der Waals surface area contributed by atoms with Gasteiger partial charge in [-0.05, 0) is 19.3 Å². The molecule has 1 aromatic heterocycles. The smallest absolute Gasteiger partial charge is 0.203 e. The molecule has 92 valence electrons. The van der Waals surface area contributed by atoms with Crippen molar-refractivity contribution in [2.75, 3.05) is 11.9 Å². The normalized spacial score (nSPS) is 12.8. The lowest BCUT2D eigenvalue weighted by Crippen LogP contribution is -2.12. The predicted octanol–water partition coefficient (Wildman–Crippen LogP) is 3.45. The van der Waals surface area contributed by atoms with Crippen molar-refractivity contribution in [1.82, 2.24) is 9.55 Å². The van der Waals surface area contributed by atoms with Crippen molar-refractivity contribution in [3.05, 3.63) is 11.9 Å². The van der Waals surface area contributed by atoms with E-state index in [9.17, 15) is 0 Å². The summed E-state index contributed by atoms with van der Waals surface area (Å²) < 4.78 is 2.25. The number of hydrogen-bond acceptors (Lipinski definition) is 2. The second-order valence-electron chi connectivity index (χ2n) is 4.65. The van der Waals surface area contributed by atoms with Gasteiger partial charge in [-0.15, -0.1) is 0 Å². The molecule has 0 saturated heterocycles. The minimum Gasteiger partial charge on any atom is -0.356 e. The minimum atomic E-state index is 0.709. The highest BCUT2D eigenvalue weighted by molar-refractivity contribution is 5.28. The molecule has 1 N–H and O–H groups in total. The summed E-state index contributed by atoms with van der Waals surface area (Å²) in [6, 6.07) is 0. The third-order valence-electron chi connectivity index (χ3n) is 2.92. The largest absolute Gasteiger partial charge is 0.356 e. The average molecular weight is 223 g/mol. The number of unbranched alkanes of at least 4 members (excludes halogenated alkanes) is 1. The van der Waals surface area contributed by atoms with Gasteiger partial charge in [0.25, 0.3) is 0 Å². The van der Waals surface area contributed by atoms with Gasteiger partial charge >= 0.3 is 0 Å². The molecule has 0 saturated carbocycles. The average Bonchev–Trinajstić information content (AvgIpc) is 2.59. The first-order valence-corrected chi connectivity index (χ1v) is 6.45. The maximum absolute atomic E-state index is 4.52. The Morgan fingerprint density at radius 2 is 2.19 bits per heavy atom. The maximum atomic E-state index is 4.52. The molecule has 0 aliphatic rings. The van der Waals surface area contributed by atoms with Gasteiger partial charge in [-0.25, -0.2) is 4.98 Å². The SMILES string of the molecule is CCCCNc1nc(C)cn1CC(C)CC. The highest BCUT2D eigenvalue weighted by Crippen LogP contribution is 2.13. The van der Waals surface area contributed by atoms with Crippen LogP contribution in [0.2, 0.25) is 0 Å². The van der Waals surface area contributed by atoms with E-state index in [1.807, 2.05) is 0 Å². The Labute approximate surface area is 99.3 Å². The molecule has 0 spiro atoms. The van der Waals surface area contributed by atoms with Gasteiger partial charge in [0.15, 0.2) is 0 Å². The molecule has 1 aromatic rings. The number of nitrogens with zero attached hydrogens (tertiary/aromatic N) is 2. The van der Waals surface area contributed by atoms with Crippen LogP contribution in [0.5, 0.6) is 0 Å². The number of anilines is 1. The van der Waals surface area contributed by atoms with Crippen LogP contribution in [0.3, 0.4) is 0 Å². The number of hydrogen-bond donors (Lipinski definition) is 1. The first-order chi connectivity index (χ1) is 7.67. The zero-order valence-corrected chi connectivity index (χ0v) is 11.1. The van der Waals surface area contributed by atoms with Gasteiger partial charge in [-0.1, -0.05) is 33.6 Å². The van der Waals surface area contributed by atoms with Crippen LogP contribution >= 0.6 is 0 Å². The van der Waals surface area contributed by atoms with Crippen molar-refractivity contribution in [3.8, 4) is 0 Å². The molecular weight excluding hydrogens is 198 g/mol. The summed E-state index contributed by atoms with van der Waals surface area (Å²) in [7, 11) is 0. The van der Waals surface area contributed by atoms with Gasteiger partial charge in [-0.2, -0.15) is 0 Å². The maximum Gasteiger partial charge on any atom is 0.203 e. The number of aryl methyl sites for hydroxylation is 1. The van der Waals surface area contributed by atoms with Gasteiger partial charge in [0.1, 0.15) is 0 Å². The molecule has 3 nitrogen and oxygen atoms in total. The molecular formula is C13H25N3. The summed E-state index contributed by atoms with van der Waals surface area (Å²) >= 11 is 0. The molecule has 0 fully saturated rings. The Hall–Kier alpha value is -0.990. The van der Waals surface area contributed by atoms with Gasteiger partial charge < -0.3 is 9.88 Å². The first-order valence-electron chi connectivity index (χ1n) is 6.45. The summed E-state index contributed by atoms with van der Waals surface area (Å²) in [5, 5.41) is 3.42. The fourth-order valence-electron chi connectivity index (χ4n) is 1.67. The summed E-state index contributed by atoms with van der Waals surface area (Å²) in [4.78, 5) is 4.52. The molecule has 1 rings (SSSR count). The standard InChI is InChI=1S/C13H25N3/c1-5-7-8-14-13-15-12(4)10-16(13)9-11(3)6-2/h10-11H,5-9H2,1-4H3,(H,14,15). The van der Waals surface area contributed by atoms with Crippen LogP contribution in [0, 0.1) is 12.8 Å². The van der Waals surface area contributed by atoms with Crippen molar-refractivity contribution < 1.29 is 0 Å². The third-order valence-corrected chi connectivity index (χ3v) is 2.92. The Balaban J connectivity index is 2.60. The summed E-state index contributed by atoms with van der Waals surface area (Å²) in [6.07, 6.45) is 5.78. The lowest BCUT2D eigenvalue weighted by molar-refractivity contribution is 0.471. The van der Waals surface area contributed by atoms with Crippen molar-refractivity contribution in [3.63, 3.8) is 0 Å². The van der Waals surface area contributed by atoms with E-state index in [0.717, 1.165) is 24.7 Å². The molecule has 1 unspecified atom stereocenters. The van der Waals surface area contributed by atoms with E-state index in [1.54, 1.807) is 0 Å². The van der Waals surface area contributed by atoms with Crippen LogP contribution in [0.1, 0.15) is 45.7 Å². The van der Waals surface area contributed by atoms with E-state index in [2.05, 4.69) is 48.8 Å². The topological polar surface area (TPSA) is 29.9 Å². The molecule has 16 heavy (non-hydrogen) atoms. The molecule has 0 bridgehead atoms. The molecule has 3 heteroatoms. The van der Waals surface area contributed by atoms with Crippen molar-refractivity contribution in [2.24, 2.45) is 5.92 Å². The Morgan fingerprint density at radius 3 is 2.81 bits per heavy atom. The van der Waals surface area contributed by atoms with Crippen molar-refractivity contribution in [1.29, 1.82) is 0 Å². The van der Waals surface area contributed by atoms with E-state index in [-0.39, 0.29) is 0 Å². The van der Waals surface area contributed by atoms with E-state index >= 15 is 0 Å². The van der Waals surface area contributed by atoms with Gasteiger partial charge in [0, 0.05) is 19.3 Å². The Bertz CT molecular complexity index is 304. The molecule has 1 heterocycles. The Kier molecular flexibility index (Phi) is 5.36. The zero-order valence-electron chi connectivity index (χ0n) is 11.1. The van der Waals surface area contributed by atoms with Crippen LogP contribution in [-0.4, -0.2) is 16.1 Å². The monoisotopic (exact) mass is 223 g/mol. The van der Waals surface area contributed by atoms with Crippen molar-refractivity contribution >= 4 is 5.95 Å². The number of aromatic nitrogens is 2. The fraction of sp³-hybridized carbons (Fsp3) is 0.769. The summed E-state index contributed by atoms with van der Waals surface area (Å²) in [5.41, 5.74) is 1.10. The lowest BCUT2D eigenvalue weighted by atomic mass is 10.1. The van der Waals surface area contributed by atoms with E-state index in [4.69, 9.17) is 0 Å². The number of rotatable bonds is 7. The summed E-state index contributed by atoms with van der Waals surface area (Å²) in [6.45, 7) is 10.9. The number of nitrogens with one attached hydrogen (secondary N) is 1. The quantitative estimate of drug-likeness (QED) is 0.717. The summed E-state index contributed by atoms with van der Waals surface area (Å²) in [5.74, 6) is 1.74. The molecule has 1 atom stereocenters. The highest BCUT2D eigenvalue weighted by Gasteiger charge is 2.07. The molecule has 0 amide bonds. The molecule has 0 aliphatic heterocycles. The fourth-order valence-corrected chi connectivity index (χ4v) is 1.67. The van der Waals surface area contributed by atoms with Crippen LogP contribution < -0.4 is 5.32 Å². The molecule has 0 aliphatic carbocycles. The van der Waals surface area contributed by atoms with Crippen LogP contribution in [0.4, 0.5) is 5.95 Å². The zero-order chi connectivity index (χ0) is 12.0. The lowest BCUT2D eigenvalue weighted by Gasteiger charge is -2.13. The third kappa shape index (κ3) is 3.87. The van der Waals surface area contributed by atoms with E-state index in [1.165, 1.54) is 19.3 Å². The second-order valence-corrected chi connectivity index (χ2v) is 4.65. The minimum absolute atomic E-state index is 0.709. The predicted molar refractivity (Wildman–Crippen MR) is 69.8 cm³/mol. The highest BCUT2D eigenvalue weighted by atomic mass is 15.2.